The number of benzene rings is 1. The smallest absolute Gasteiger partial charge is 0.416 e. The van der Waals surface area contributed by atoms with E-state index in [1.807, 2.05) is 0 Å². The number of ether oxygens (including phenoxy) is 1. The lowest BCUT2D eigenvalue weighted by molar-refractivity contribution is -0.137. The molecule has 6 nitrogen and oxygen atoms in total. The molecular formula is C18H25F3N4O2. The monoisotopic (exact) mass is 386 g/mol. The average molecular weight is 386 g/mol. The summed E-state index contributed by atoms with van der Waals surface area (Å²) in [7, 11) is 0. The predicted molar refractivity (Wildman–Crippen MR) is 96.1 cm³/mol. The van der Waals surface area contributed by atoms with Crippen LogP contribution < -0.4 is 15.4 Å². The van der Waals surface area contributed by atoms with Crippen LogP contribution in [0.4, 0.5) is 23.7 Å². The van der Waals surface area contributed by atoms with E-state index in [4.69, 9.17) is 4.74 Å². The van der Waals surface area contributed by atoms with Crippen molar-refractivity contribution < 1.29 is 22.7 Å². The fraction of sp³-hybridized carbons (Fsp3) is 0.611. The maximum absolute atomic E-state index is 13.0. The highest BCUT2D eigenvalue weighted by Crippen LogP contribution is 2.35. The van der Waals surface area contributed by atoms with Crippen LogP contribution in [0.2, 0.25) is 0 Å². The van der Waals surface area contributed by atoms with E-state index in [0.29, 0.717) is 25.7 Å². The summed E-state index contributed by atoms with van der Waals surface area (Å²) in [6, 6.07) is 3.22. The lowest BCUT2D eigenvalue weighted by atomic mass is 10.1. The van der Waals surface area contributed by atoms with Gasteiger partial charge >= 0.3 is 12.2 Å². The maximum Gasteiger partial charge on any atom is 0.416 e. The molecule has 0 bridgehead atoms. The lowest BCUT2D eigenvalue weighted by Gasteiger charge is -2.37. The van der Waals surface area contributed by atoms with E-state index < -0.39 is 17.8 Å². The first kappa shape index (κ1) is 19.8. The average Bonchev–Trinajstić information content (AvgIpc) is 3.17. The largest absolute Gasteiger partial charge is 0.492 e. The third-order valence-electron chi connectivity index (χ3n) is 5.00. The van der Waals surface area contributed by atoms with E-state index in [9.17, 15) is 18.0 Å². The summed E-state index contributed by atoms with van der Waals surface area (Å²) in [6.07, 6.45) is -3.38. The van der Waals surface area contributed by atoms with Crippen molar-refractivity contribution in [2.24, 2.45) is 0 Å². The molecule has 2 saturated heterocycles. The van der Waals surface area contributed by atoms with Gasteiger partial charge < -0.3 is 20.3 Å². The fourth-order valence-corrected chi connectivity index (χ4v) is 3.52. The first-order valence-corrected chi connectivity index (χ1v) is 9.23. The number of anilines is 1. The van der Waals surface area contributed by atoms with Crippen molar-refractivity contribution in [2.45, 2.75) is 25.6 Å². The third kappa shape index (κ3) is 4.84. The number of rotatable bonds is 4. The van der Waals surface area contributed by atoms with Crippen LogP contribution in [0.25, 0.3) is 0 Å². The molecule has 2 N–H and O–H groups in total. The van der Waals surface area contributed by atoms with E-state index in [2.05, 4.69) is 15.5 Å². The van der Waals surface area contributed by atoms with Gasteiger partial charge in [-0.2, -0.15) is 13.2 Å². The van der Waals surface area contributed by atoms with Crippen molar-refractivity contribution in [3.63, 3.8) is 0 Å². The topological polar surface area (TPSA) is 56.8 Å². The molecule has 2 amide bonds. The lowest BCUT2D eigenvalue weighted by Crippen LogP contribution is -2.53. The Morgan fingerprint density at radius 1 is 1.30 bits per heavy atom. The Balaban J connectivity index is 1.64. The molecule has 9 heteroatoms. The second-order valence-corrected chi connectivity index (χ2v) is 6.74. The number of carbonyl (C=O) groups excluding carboxylic acids is 1. The molecule has 2 aliphatic heterocycles. The van der Waals surface area contributed by atoms with Crippen LogP contribution in [-0.2, 0) is 6.18 Å². The number of urea groups is 1. The number of nitrogens with zero attached hydrogens (tertiary/aromatic N) is 2. The quantitative estimate of drug-likeness (QED) is 0.835. The number of halogens is 3. The Bertz CT molecular complexity index is 654. The molecule has 150 valence electrons. The van der Waals surface area contributed by atoms with Crippen LogP contribution in [0.15, 0.2) is 18.2 Å². The summed E-state index contributed by atoms with van der Waals surface area (Å²) >= 11 is 0. The Morgan fingerprint density at radius 3 is 2.63 bits per heavy atom. The van der Waals surface area contributed by atoms with Crippen LogP contribution in [-0.4, -0.2) is 67.7 Å². The molecule has 2 heterocycles. The van der Waals surface area contributed by atoms with Gasteiger partial charge in [0.2, 0.25) is 0 Å². The van der Waals surface area contributed by atoms with E-state index >= 15 is 0 Å². The van der Waals surface area contributed by atoms with Gasteiger partial charge in [0.25, 0.3) is 0 Å². The molecule has 0 saturated carbocycles. The predicted octanol–water partition coefficient (Wildman–Crippen LogP) is 2.62. The van der Waals surface area contributed by atoms with E-state index in [0.717, 1.165) is 44.7 Å². The highest BCUT2D eigenvalue weighted by Gasteiger charge is 2.32. The molecule has 1 aromatic carbocycles. The summed E-state index contributed by atoms with van der Waals surface area (Å²) in [5.41, 5.74) is -0.779. The standard InChI is InChI=1S/C18H25F3N4O2/c1-2-27-16-4-3-13(18(19,20)21)11-15(16)23-17(26)25-9-7-24(8-10-25)14-5-6-22-12-14/h3-4,11,14,22H,2,5-10,12H2,1H3,(H,23,26). The molecule has 1 atom stereocenters. The van der Waals surface area contributed by atoms with E-state index in [1.54, 1.807) is 11.8 Å². The number of piperazine rings is 1. The minimum atomic E-state index is -4.48. The van der Waals surface area contributed by atoms with Gasteiger partial charge in [0, 0.05) is 38.8 Å². The summed E-state index contributed by atoms with van der Waals surface area (Å²) < 4.78 is 44.3. The number of hydrogen-bond acceptors (Lipinski definition) is 4. The summed E-state index contributed by atoms with van der Waals surface area (Å²) in [4.78, 5) is 16.6. The molecule has 0 spiro atoms. The van der Waals surface area contributed by atoms with Gasteiger partial charge in [0.1, 0.15) is 5.75 Å². The summed E-state index contributed by atoms with van der Waals surface area (Å²) in [5.74, 6) is 0.231. The van der Waals surface area contributed by atoms with E-state index in [-0.39, 0.29) is 11.4 Å². The van der Waals surface area contributed by atoms with Gasteiger partial charge in [-0.15, -0.1) is 0 Å². The van der Waals surface area contributed by atoms with E-state index in [1.165, 1.54) is 6.07 Å². The molecule has 2 fully saturated rings. The Kier molecular flexibility index (Phi) is 6.11. The van der Waals surface area contributed by atoms with Crippen molar-refractivity contribution in [2.75, 3.05) is 51.2 Å². The van der Waals surface area contributed by atoms with Crippen LogP contribution in [0.3, 0.4) is 0 Å². The molecular weight excluding hydrogens is 361 g/mol. The van der Waals surface area contributed by atoms with Gasteiger partial charge in [0.05, 0.1) is 17.9 Å². The first-order valence-electron chi connectivity index (χ1n) is 9.23. The van der Waals surface area contributed by atoms with Gasteiger partial charge in [-0.3, -0.25) is 4.90 Å². The fourth-order valence-electron chi connectivity index (χ4n) is 3.52. The molecule has 2 aliphatic rings. The van der Waals surface area contributed by atoms with Gasteiger partial charge in [-0.05, 0) is 38.1 Å². The third-order valence-corrected chi connectivity index (χ3v) is 5.00. The highest BCUT2D eigenvalue weighted by molar-refractivity contribution is 5.91. The van der Waals surface area contributed by atoms with Gasteiger partial charge in [0.15, 0.2) is 0 Å². The first-order chi connectivity index (χ1) is 12.9. The Labute approximate surface area is 156 Å². The summed E-state index contributed by atoms with van der Waals surface area (Å²) in [5, 5.41) is 5.92. The number of hydrogen-bond donors (Lipinski definition) is 2. The molecule has 0 aliphatic carbocycles. The van der Waals surface area contributed by atoms with Gasteiger partial charge in [-0.1, -0.05) is 0 Å². The zero-order valence-electron chi connectivity index (χ0n) is 15.3. The molecule has 0 radical (unpaired) electrons. The SMILES string of the molecule is CCOc1ccc(C(F)(F)F)cc1NC(=O)N1CCN(C2CCNC2)CC1. The van der Waals surface area contributed by atoms with Crippen molar-refractivity contribution in [1.29, 1.82) is 0 Å². The summed E-state index contributed by atoms with van der Waals surface area (Å²) in [6.45, 7) is 6.63. The highest BCUT2D eigenvalue weighted by atomic mass is 19.4. The van der Waals surface area contributed by atoms with Crippen molar-refractivity contribution in [3.8, 4) is 5.75 Å². The molecule has 3 rings (SSSR count). The normalized spacial score (nSPS) is 21.3. The number of nitrogens with one attached hydrogen (secondary N) is 2. The second-order valence-electron chi connectivity index (χ2n) is 6.74. The number of carbonyl (C=O) groups is 1. The molecule has 1 unspecified atom stereocenters. The zero-order valence-corrected chi connectivity index (χ0v) is 15.3. The number of alkyl halides is 3. The van der Waals surface area contributed by atoms with Crippen LogP contribution in [0.1, 0.15) is 18.9 Å². The van der Waals surface area contributed by atoms with Crippen molar-refractivity contribution >= 4 is 11.7 Å². The van der Waals surface area contributed by atoms with Crippen LogP contribution in [0, 0.1) is 0 Å². The Hall–Kier alpha value is -2.00. The Morgan fingerprint density at radius 2 is 2.04 bits per heavy atom. The maximum atomic E-state index is 13.0. The molecule has 0 aromatic heterocycles. The second kappa shape index (κ2) is 8.35. The van der Waals surface area contributed by atoms with Crippen LogP contribution in [0.5, 0.6) is 5.75 Å². The zero-order chi connectivity index (χ0) is 19.4. The van der Waals surface area contributed by atoms with Crippen LogP contribution >= 0.6 is 0 Å². The minimum absolute atomic E-state index is 0.0408. The number of amides is 2. The van der Waals surface area contributed by atoms with Crippen molar-refractivity contribution in [1.82, 2.24) is 15.1 Å². The van der Waals surface area contributed by atoms with Crippen molar-refractivity contribution in [3.05, 3.63) is 23.8 Å². The van der Waals surface area contributed by atoms with Gasteiger partial charge in [-0.25, -0.2) is 4.79 Å². The minimum Gasteiger partial charge on any atom is -0.492 e. The molecule has 27 heavy (non-hydrogen) atoms. The molecule has 1 aromatic rings.